The Morgan fingerprint density at radius 2 is 1.87 bits per heavy atom. The molecule has 2 N–H and O–H groups in total. The summed E-state index contributed by atoms with van der Waals surface area (Å²) in [6.45, 7) is 8.43. The van der Waals surface area contributed by atoms with Gasteiger partial charge < -0.3 is 10.4 Å². The predicted octanol–water partition coefficient (Wildman–Crippen LogP) is 2.97. The van der Waals surface area contributed by atoms with E-state index in [0.717, 1.165) is 5.56 Å². The van der Waals surface area contributed by atoms with Crippen LogP contribution in [0.15, 0.2) is 18.2 Å². The molecule has 1 atom stereocenters. The molecule has 0 aliphatic carbocycles. The fourth-order valence-corrected chi connectivity index (χ4v) is 1.59. The van der Waals surface area contributed by atoms with Crippen LogP contribution < -0.4 is 5.32 Å². The molecule has 0 spiro atoms. The summed E-state index contributed by atoms with van der Waals surface area (Å²) in [5.74, 6) is 0.384. The van der Waals surface area contributed by atoms with Gasteiger partial charge in [0.25, 0.3) is 0 Å². The van der Waals surface area contributed by atoms with E-state index in [1.807, 2.05) is 13.1 Å². The quantitative estimate of drug-likeness (QED) is 0.781. The van der Waals surface area contributed by atoms with Gasteiger partial charge in [0.2, 0.25) is 0 Å². The van der Waals surface area contributed by atoms with Gasteiger partial charge in [-0.3, -0.25) is 0 Å². The first-order valence-corrected chi connectivity index (χ1v) is 5.37. The van der Waals surface area contributed by atoms with Gasteiger partial charge in [-0.25, -0.2) is 0 Å². The molecule has 1 aromatic carbocycles. The maximum atomic E-state index is 9.80. The maximum absolute atomic E-state index is 9.80. The highest BCUT2D eigenvalue weighted by molar-refractivity contribution is 5.41. The Morgan fingerprint density at radius 1 is 1.27 bits per heavy atom. The van der Waals surface area contributed by atoms with Crippen LogP contribution in [0.5, 0.6) is 5.75 Å². The number of phenolic OH excluding ortho intramolecular Hbond substituents is 1. The lowest BCUT2D eigenvalue weighted by molar-refractivity contribution is 0.445. The third-order valence-corrected chi connectivity index (χ3v) is 2.76. The van der Waals surface area contributed by atoms with E-state index in [9.17, 15) is 5.11 Å². The van der Waals surface area contributed by atoms with Crippen molar-refractivity contribution in [1.29, 1.82) is 0 Å². The topological polar surface area (TPSA) is 32.3 Å². The molecule has 2 nitrogen and oxygen atoms in total. The third kappa shape index (κ3) is 2.72. The Kier molecular flexibility index (Phi) is 3.40. The van der Waals surface area contributed by atoms with Crippen LogP contribution in [-0.2, 0) is 5.41 Å². The standard InChI is InChI=1S/C13H21NO/c1-9(14-5)10-6-7-12(15)11(8-10)13(2,3)4/h6-9,14-15H,1-5H3. The molecule has 0 bridgehead atoms. The van der Waals surface area contributed by atoms with Crippen molar-refractivity contribution in [3.05, 3.63) is 29.3 Å². The van der Waals surface area contributed by atoms with Crippen LogP contribution >= 0.6 is 0 Å². The van der Waals surface area contributed by atoms with E-state index in [1.54, 1.807) is 6.07 Å². The van der Waals surface area contributed by atoms with Crippen molar-refractivity contribution in [2.75, 3.05) is 7.05 Å². The van der Waals surface area contributed by atoms with Crippen LogP contribution in [-0.4, -0.2) is 12.2 Å². The molecule has 0 aliphatic rings. The highest BCUT2D eigenvalue weighted by Gasteiger charge is 2.19. The molecule has 0 aromatic heterocycles. The average Bonchev–Trinajstić information content (AvgIpc) is 2.15. The lowest BCUT2D eigenvalue weighted by atomic mass is 9.85. The summed E-state index contributed by atoms with van der Waals surface area (Å²) < 4.78 is 0. The molecular formula is C13H21NO. The zero-order chi connectivity index (χ0) is 11.6. The van der Waals surface area contributed by atoms with E-state index in [1.165, 1.54) is 5.56 Å². The second-order valence-electron chi connectivity index (χ2n) is 5.04. The van der Waals surface area contributed by atoms with Gasteiger partial charge in [-0.05, 0) is 36.6 Å². The first kappa shape index (κ1) is 12.1. The van der Waals surface area contributed by atoms with Crippen LogP contribution in [0.4, 0.5) is 0 Å². The number of phenols is 1. The fourth-order valence-electron chi connectivity index (χ4n) is 1.59. The molecule has 0 saturated carbocycles. The first-order chi connectivity index (χ1) is 6.86. The molecule has 0 saturated heterocycles. The summed E-state index contributed by atoms with van der Waals surface area (Å²) in [5, 5.41) is 13.0. The Balaban J connectivity index is 3.17. The van der Waals surface area contributed by atoms with Gasteiger partial charge in [0, 0.05) is 6.04 Å². The Labute approximate surface area is 92.3 Å². The molecule has 15 heavy (non-hydrogen) atoms. The summed E-state index contributed by atoms with van der Waals surface area (Å²) in [5.41, 5.74) is 2.19. The molecule has 1 aromatic rings. The normalized spacial score (nSPS) is 13.9. The minimum absolute atomic E-state index is 0.0203. The van der Waals surface area contributed by atoms with Gasteiger partial charge in [-0.15, -0.1) is 0 Å². The van der Waals surface area contributed by atoms with E-state index in [4.69, 9.17) is 0 Å². The van der Waals surface area contributed by atoms with Crippen molar-refractivity contribution in [2.24, 2.45) is 0 Å². The highest BCUT2D eigenvalue weighted by atomic mass is 16.3. The number of rotatable bonds is 2. The van der Waals surface area contributed by atoms with Gasteiger partial charge in [0.1, 0.15) is 5.75 Å². The number of benzene rings is 1. The zero-order valence-electron chi connectivity index (χ0n) is 10.3. The molecule has 0 aliphatic heterocycles. The van der Waals surface area contributed by atoms with Gasteiger partial charge >= 0.3 is 0 Å². The summed E-state index contributed by atoms with van der Waals surface area (Å²) >= 11 is 0. The van der Waals surface area contributed by atoms with Gasteiger partial charge in [0.05, 0.1) is 0 Å². The second-order valence-corrected chi connectivity index (χ2v) is 5.04. The second kappa shape index (κ2) is 4.23. The Morgan fingerprint density at radius 3 is 2.33 bits per heavy atom. The van der Waals surface area contributed by atoms with Crippen LogP contribution in [0.1, 0.15) is 44.9 Å². The SMILES string of the molecule is CNC(C)c1ccc(O)c(C(C)(C)C)c1. The Bertz CT molecular complexity index is 339. The molecule has 0 heterocycles. The van der Waals surface area contributed by atoms with E-state index in [2.05, 4.69) is 39.1 Å². The van der Waals surface area contributed by atoms with E-state index in [0.29, 0.717) is 11.8 Å². The number of hydrogen-bond acceptors (Lipinski definition) is 2. The maximum Gasteiger partial charge on any atom is 0.119 e. The third-order valence-electron chi connectivity index (χ3n) is 2.76. The van der Waals surface area contributed by atoms with Crippen LogP contribution in [0, 0.1) is 0 Å². The summed E-state index contributed by atoms with van der Waals surface area (Å²) in [7, 11) is 1.94. The lowest BCUT2D eigenvalue weighted by Gasteiger charge is -2.22. The first-order valence-electron chi connectivity index (χ1n) is 5.37. The lowest BCUT2D eigenvalue weighted by Crippen LogP contribution is -2.15. The average molecular weight is 207 g/mol. The molecule has 2 heteroatoms. The number of aromatic hydroxyl groups is 1. The van der Waals surface area contributed by atoms with Crippen molar-refractivity contribution in [2.45, 2.75) is 39.2 Å². The Hall–Kier alpha value is -1.02. The monoisotopic (exact) mass is 207 g/mol. The van der Waals surface area contributed by atoms with E-state index in [-0.39, 0.29) is 5.41 Å². The van der Waals surface area contributed by atoms with Crippen molar-refractivity contribution in [3.63, 3.8) is 0 Å². The van der Waals surface area contributed by atoms with Crippen molar-refractivity contribution in [1.82, 2.24) is 5.32 Å². The smallest absolute Gasteiger partial charge is 0.119 e. The minimum atomic E-state index is -0.0203. The predicted molar refractivity (Wildman–Crippen MR) is 64.3 cm³/mol. The van der Waals surface area contributed by atoms with Crippen LogP contribution in [0.2, 0.25) is 0 Å². The molecule has 1 rings (SSSR count). The summed E-state index contributed by atoms with van der Waals surface area (Å²) in [6.07, 6.45) is 0. The van der Waals surface area contributed by atoms with Gasteiger partial charge in [-0.2, -0.15) is 0 Å². The minimum Gasteiger partial charge on any atom is -0.508 e. The molecule has 0 amide bonds. The molecular weight excluding hydrogens is 186 g/mol. The molecule has 0 fully saturated rings. The van der Waals surface area contributed by atoms with Crippen molar-refractivity contribution < 1.29 is 5.11 Å². The van der Waals surface area contributed by atoms with Crippen LogP contribution in [0.3, 0.4) is 0 Å². The van der Waals surface area contributed by atoms with Crippen molar-refractivity contribution in [3.8, 4) is 5.75 Å². The highest BCUT2D eigenvalue weighted by Crippen LogP contribution is 2.32. The van der Waals surface area contributed by atoms with E-state index < -0.39 is 0 Å². The number of nitrogens with one attached hydrogen (secondary N) is 1. The fraction of sp³-hybridized carbons (Fsp3) is 0.538. The summed E-state index contributed by atoms with van der Waals surface area (Å²) in [4.78, 5) is 0. The molecule has 84 valence electrons. The summed E-state index contributed by atoms with van der Waals surface area (Å²) in [6, 6.07) is 6.14. The number of hydrogen-bond donors (Lipinski definition) is 2. The molecule has 0 radical (unpaired) electrons. The van der Waals surface area contributed by atoms with Gasteiger partial charge in [0.15, 0.2) is 0 Å². The van der Waals surface area contributed by atoms with Crippen LogP contribution in [0.25, 0.3) is 0 Å². The van der Waals surface area contributed by atoms with Gasteiger partial charge in [-0.1, -0.05) is 32.9 Å². The molecule has 1 unspecified atom stereocenters. The van der Waals surface area contributed by atoms with E-state index >= 15 is 0 Å². The zero-order valence-corrected chi connectivity index (χ0v) is 10.3. The largest absolute Gasteiger partial charge is 0.508 e. The van der Waals surface area contributed by atoms with Crippen molar-refractivity contribution >= 4 is 0 Å².